The van der Waals surface area contributed by atoms with Gasteiger partial charge in [0.15, 0.2) is 17.2 Å². The number of methoxy groups -OCH3 is 1. The van der Waals surface area contributed by atoms with Crippen molar-refractivity contribution in [2.24, 2.45) is 0 Å². The van der Waals surface area contributed by atoms with Gasteiger partial charge >= 0.3 is 5.97 Å². The normalized spacial score (nSPS) is 9.95. The Morgan fingerprint density at radius 2 is 1.79 bits per heavy atom. The lowest BCUT2D eigenvalue weighted by atomic mass is 10.2. The van der Waals surface area contributed by atoms with Crippen LogP contribution in [0.3, 0.4) is 0 Å². The van der Waals surface area contributed by atoms with Crippen molar-refractivity contribution in [3.63, 3.8) is 0 Å². The average Bonchev–Trinajstić information content (AvgIpc) is 2.41. The number of carboxylic acid groups (broad SMARTS) is 1. The van der Waals surface area contributed by atoms with Crippen molar-refractivity contribution in [1.82, 2.24) is 0 Å². The Bertz CT molecular complexity index is 610. The van der Waals surface area contributed by atoms with Crippen LogP contribution in [0.25, 0.3) is 0 Å². The van der Waals surface area contributed by atoms with Crippen LogP contribution in [0.15, 0.2) is 42.5 Å². The molecule has 19 heavy (non-hydrogen) atoms. The molecule has 5 heteroatoms. The number of para-hydroxylation sites is 2. The van der Waals surface area contributed by atoms with Crippen LogP contribution in [0.4, 0.5) is 5.69 Å². The maximum absolute atomic E-state index is 10.8. The highest BCUT2D eigenvalue weighted by Gasteiger charge is 2.10. The molecule has 2 aromatic carbocycles. The van der Waals surface area contributed by atoms with Gasteiger partial charge in [0.25, 0.3) is 0 Å². The summed E-state index contributed by atoms with van der Waals surface area (Å²) in [7, 11) is 1.54. The summed E-state index contributed by atoms with van der Waals surface area (Å²) in [5.41, 5.74) is 6.14. The van der Waals surface area contributed by atoms with Crippen LogP contribution in [0.1, 0.15) is 10.4 Å². The van der Waals surface area contributed by atoms with Crippen LogP contribution in [0.2, 0.25) is 0 Å². The first-order valence-electron chi connectivity index (χ1n) is 5.55. The Balaban J connectivity index is 2.31. The molecule has 5 nitrogen and oxygen atoms in total. The molecule has 2 aromatic rings. The molecule has 0 aliphatic rings. The minimum absolute atomic E-state index is 0.116. The lowest BCUT2D eigenvalue weighted by Crippen LogP contribution is -1.99. The van der Waals surface area contributed by atoms with Gasteiger partial charge in [-0.25, -0.2) is 4.79 Å². The van der Waals surface area contributed by atoms with E-state index in [1.165, 1.54) is 18.2 Å². The van der Waals surface area contributed by atoms with Gasteiger partial charge in [-0.15, -0.1) is 0 Å². The minimum atomic E-state index is -1.03. The van der Waals surface area contributed by atoms with Gasteiger partial charge in [0, 0.05) is 0 Å². The van der Waals surface area contributed by atoms with Gasteiger partial charge in [-0.1, -0.05) is 12.1 Å². The first-order valence-corrected chi connectivity index (χ1v) is 5.55. The Morgan fingerprint density at radius 3 is 2.37 bits per heavy atom. The fourth-order valence-corrected chi connectivity index (χ4v) is 1.60. The number of benzene rings is 2. The van der Waals surface area contributed by atoms with Crippen molar-refractivity contribution in [1.29, 1.82) is 0 Å². The highest BCUT2D eigenvalue weighted by Crippen LogP contribution is 2.34. The summed E-state index contributed by atoms with van der Waals surface area (Å²) in [5, 5.41) is 8.86. The molecule has 2 rings (SSSR count). The number of nitrogens with two attached hydrogens (primary N) is 1. The summed E-state index contributed by atoms with van der Waals surface area (Å²) in [6, 6.07) is 11.4. The fourth-order valence-electron chi connectivity index (χ4n) is 1.60. The van der Waals surface area contributed by atoms with Gasteiger partial charge in [-0.05, 0) is 30.3 Å². The van der Waals surface area contributed by atoms with Crippen molar-refractivity contribution < 1.29 is 19.4 Å². The van der Waals surface area contributed by atoms with Gasteiger partial charge in [-0.2, -0.15) is 0 Å². The van der Waals surface area contributed by atoms with E-state index in [2.05, 4.69) is 0 Å². The Kier molecular flexibility index (Phi) is 3.56. The van der Waals surface area contributed by atoms with Gasteiger partial charge in [0.2, 0.25) is 0 Å². The third-order valence-corrected chi connectivity index (χ3v) is 2.55. The van der Waals surface area contributed by atoms with E-state index in [0.717, 1.165) is 0 Å². The van der Waals surface area contributed by atoms with Gasteiger partial charge in [0.05, 0.1) is 18.4 Å². The lowest BCUT2D eigenvalue weighted by molar-refractivity contribution is 0.0697. The van der Waals surface area contributed by atoms with E-state index in [-0.39, 0.29) is 11.3 Å². The van der Waals surface area contributed by atoms with E-state index >= 15 is 0 Å². The van der Waals surface area contributed by atoms with Crippen molar-refractivity contribution in [3.05, 3.63) is 48.0 Å². The number of carbonyl (C=O) groups is 1. The van der Waals surface area contributed by atoms with Gasteiger partial charge in [0.1, 0.15) is 0 Å². The third-order valence-electron chi connectivity index (χ3n) is 2.55. The second-order valence-corrected chi connectivity index (χ2v) is 3.81. The van der Waals surface area contributed by atoms with Crippen LogP contribution >= 0.6 is 0 Å². The molecule has 0 fully saturated rings. The van der Waals surface area contributed by atoms with Crippen LogP contribution in [0.5, 0.6) is 17.2 Å². The second kappa shape index (κ2) is 5.30. The zero-order valence-electron chi connectivity index (χ0n) is 10.3. The predicted octanol–water partition coefficient (Wildman–Crippen LogP) is 2.77. The smallest absolute Gasteiger partial charge is 0.335 e. The topological polar surface area (TPSA) is 81.8 Å². The number of rotatable bonds is 4. The predicted molar refractivity (Wildman–Crippen MR) is 70.9 cm³/mol. The standard InChI is InChI=1S/C14H13NO4/c1-18-12-4-2-3-5-13(12)19-11-7-6-9(14(16)17)8-10(11)15/h2-8H,15H2,1H3,(H,16,17). The van der Waals surface area contributed by atoms with Crippen LogP contribution in [-0.4, -0.2) is 18.2 Å². The molecular weight excluding hydrogens is 246 g/mol. The molecule has 98 valence electrons. The third kappa shape index (κ3) is 2.77. The summed E-state index contributed by atoms with van der Waals surface area (Å²) in [5.74, 6) is 0.439. The highest BCUT2D eigenvalue weighted by molar-refractivity contribution is 5.89. The summed E-state index contributed by atoms with van der Waals surface area (Å²) >= 11 is 0. The number of carboxylic acids is 1. The molecular formula is C14H13NO4. The molecule has 0 radical (unpaired) electrons. The Morgan fingerprint density at radius 1 is 1.11 bits per heavy atom. The summed E-state index contributed by atoms with van der Waals surface area (Å²) in [6.45, 7) is 0. The minimum Gasteiger partial charge on any atom is -0.493 e. The molecule has 0 heterocycles. The first kappa shape index (κ1) is 12.8. The SMILES string of the molecule is COc1ccccc1Oc1ccc(C(=O)O)cc1N. The number of hydrogen-bond acceptors (Lipinski definition) is 4. The van der Waals surface area contributed by atoms with E-state index < -0.39 is 5.97 Å². The van der Waals surface area contributed by atoms with Crippen molar-refractivity contribution >= 4 is 11.7 Å². The van der Waals surface area contributed by atoms with E-state index in [9.17, 15) is 4.79 Å². The van der Waals surface area contributed by atoms with Crippen molar-refractivity contribution in [3.8, 4) is 17.2 Å². The molecule has 0 atom stereocenters. The zero-order valence-corrected chi connectivity index (χ0v) is 10.3. The van der Waals surface area contributed by atoms with Crippen molar-refractivity contribution in [2.45, 2.75) is 0 Å². The summed E-state index contributed by atoms with van der Waals surface area (Å²) in [6.07, 6.45) is 0. The van der Waals surface area contributed by atoms with E-state index in [1.807, 2.05) is 6.07 Å². The summed E-state index contributed by atoms with van der Waals surface area (Å²) in [4.78, 5) is 10.8. The van der Waals surface area contributed by atoms with Crippen LogP contribution in [0, 0.1) is 0 Å². The molecule has 0 saturated heterocycles. The molecule has 0 aliphatic heterocycles. The number of nitrogen functional groups attached to an aromatic ring is 1. The number of ether oxygens (including phenoxy) is 2. The number of anilines is 1. The van der Waals surface area contributed by atoms with Crippen molar-refractivity contribution in [2.75, 3.05) is 12.8 Å². The van der Waals surface area contributed by atoms with Crippen LogP contribution < -0.4 is 15.2 Å². The fraction of sp³-hybridized carbons (Fsp3) is 0.0714. The lowest BCUT2D eigenvalue weighted by Gasteiger charge is -2.11. The Hall–Kier alpha value is -2.69. The molecule has 0 saturated carbocycles. The van der Waals surface area contributed by atoms with E-state index in [4.69, 9.17) is 20.3 Å². The van der Waals surface area contributed by atoms with Gasteiger partial charge < -0.3 is 20.3 Å². The second-order valence-electron chi connectivity index (χ2n) is 3.81. The van der Waals surface area contributed by atoms with E-state index in [1.54, 1.807) is 25.3 Å². The van der Waals surface area contributed by atoms with Crippen LogP contribution in [-0.2, 0) is 0 Å². The quantitative estimate of drug-likeness (QED) is 0.825. The number of hydrogen-bond donors (Lipinski definition) is 2. The van der Waals surface area contributed by atoms with E-state index in [0.29, 0.717) is 17.2 Å². The molecule has 0 amide bonds. The molecule has 0 spiro atoms. The maximum Gasteiger partial charge on any atom is 0.335 e. The van der Waals surface area contributed by atoms with Gasteiger partial charge in [-0.3, -0.25) is 0 Å². The highest BCUT2D eigenvalue weighted by atomic mass is 16.5. The summed E-state index contributed by atoms with van der Waals surface area (Å²) < 4.78 is 10.8. The monoisotopic (exact) mass is 259 g/mol. The maximum atomic E-state index is 10.8. The molecule has 3 N–H and O–H groups in total. The first-order chi connectivity index (χ1) is 9.11. The largest absolute Gasteiger partial charge is 0.493 e. The molecule has 0 unspecified atom stereocenters. The zero-order chi connectivity index (χ0) is 13.8. The Labute approximate surface area is 110 Å². The molecule has 0 bridgehead atoms. The average molecular weight is 259 g/mol. The molecule has 0 aromatic heterocycles. The number of aromatic carboxylic acids is 1. The molecule has 0 aliphatic carbocycles.